The van der Waals surface area contributed by atoms with Gasteiger partial charge in [0, 0.05) is 32.3 Å². The van der Waals surface area contributed by atoms with E-state index in [4.69, 9.17) is 5.11 Å². The van der Waals surface area contributed by atoms with Gasteiger partial charge in [-0.15, -0.1) is 0 Å². The molecule has 1 amide bonds. The summed E-state index contributed by atoms with van der Waals surface area (Å²) in [5.74, 6) is -1.17. The standard InChI is InChI=1S/C18H16N4O4/c1-21(2)14(23)6-9-3-4-11-10(5-9)7-13-15(11)20-17(24)16-19-12(18(25)26)8-22(13)16/h3-5,8H,6-7H2,1-2H3,(H,20,24)(H,25,26). The number of carbonyl (C=O) groups excluding carboxylic acids is 1. The number of imidazole rings is 1. The first-order valence-corrected chi connectivity index (χ1v) is 8.05. The Balaban J connectivity index is 1.81. The van der Waals surface area contributed by atoms with Gasteiger partial charge in [-0.2, -0.15) is 0 Å². The maximum Gasteiger partial charge on any atom is 0.356 e. The van der Waals surface area contributed by atoms with Crippen molar-refractivity contribution in [2.75, 3.05) is 14.1 Å². The van der Waals surface area contributed by atoms with Crippen LogP contribution in [-0.2, 0) is 17.6 Å². The first-order chi connectivity index (χ1) is 12.3. The zero-order valence-corrected chi connectivity index (χ0v) is 14.2. The van der Waals surface area contributed by atoms with Gasteiger partial charge in [0.25, 0.3) is 5.56 Å². The number of fused-ring (bicyclic) bond motifs is 5. The fourth-order valence-electron chi connectivity index (χ4n) is 3.27. The summed E-state index contributed by atoms with van der Waals surface area (Å²) in [6.45, 7) is 0. The van der Waals surface area contributed by atoms with E-state index >= 15 is 0 Å². The number of carbonyl (C=O) groups is 2. The number of likely N-dealkylation sites (N-methyl/N-ethyl adjacent to an activating group) is 1. The molecule has 8 nitrogen and oxygen atoms in total. The molecule has 3 aromatic rings. The number of amides is 1. The SMILES string of the molecule is CN(C)C(=O)Cc1ccc2c(c1)Cc1c-2[nH]c(=O)c2nc(C(=O)O)cn12. The summed E-state index contributed by atoms with van der Waals surface area (Å²) < 4.78 is 1.54. The maximum atomic E-state index is 12.3. The maximum absolute atomic E-state index is 12.3. The molecule has 0 bridgehead atoms. The predicted molar refractivity (Wildman–Crippen MR) is 93.4 cm³/mol. The lowest BCUT2D eigenvalue weighted by molar-refractivity contribution is -0.127. The van der Waals surface area contributed by atoms with Gasteiger partial charge in [0.05, 0.1) is 17.8 Å². The van der Waals surface area contributed by atoms with E-state index < -0.39 is 11.5 Å². The Morgan fingerprint density at radius 2 is 2.12 bits per heavy atom. The van der Waals surface area contributed by atoms with E-state index in [-0.39, 0.29) is 17.2 Å². The van der Waals surface area contributed by atoms with Crippen LogP contribution in [0.15, 0.2) is 29.2 Å². The van der Waals surface area contributed by atoms with Crippen molar-refractivity contribution in [3.05, 3.63) is 57.3 Å². The molecule has 0 saturated carbocycles. The number of carboxylic acid groups (broad SMARTS) is 1. The molecular formula is C18H16N4O4. The molecule has 0 aliphatic heterocycles. The first kappa shape index (κ1) is 16.1. The highest BCUT2D eigenvalue weighted by Crippen LogP contribution is 2.35. The quantitative estimate of drug-likeness (QED) is 0.570. The molecule has 2 aromatic heterocycles. The fourth-order valence-corrected chi connectivity index (χ4v) is 3.27. The van der Waals surface area contributed by atoms with Crippen molar-refractivity contribution in [3.8, 4) is 11.3 Å². The number of aromatic nitrogens is 3. The van der Waals surface area contributed by atoms with Gasteiger partial charge in [-0.1, -0.05) is 18.2 Å². The van der Waals surface area contributed by atoms with E-state index in [1.54, 1.807) is 23.4 Å². The molecule has 1 aliphatic carbocycles. The Labute approximate surface area is 147 Å². The predicted octanol–water partition coefficient (Wildman–Crippen LogP) is 0.923. The number of hydrogen-bond acceptors (Lipinski definition) is 4. The average molecular weight is 352 g/mol. The molecule has 4 rings (SSSR count). The van der Waals surface area contributed by atoms with Crippen LogP contribution in [0.2, 0.25) is 0 Å². The number of aromatic carboxylic acids is 1. The second-order valence-electron chi connectivity index (χ2n) is 6.53. The summed E-state index contributed by atoms with van der Waals surface area (Å²) in [5.41, 5.74) is 3.67. The van der Waals surface area contributed by atoms with Crippen LogP contribution in [0.3, 0.4) is 0 Å². The molecule has 8 heteroatoms. The number of nitrogens with one attached hydrogen (secondary N) is 1. The molecule has 1 aliphatic rings. The van der Waals surface area contributed by atoms with Gasteiger partial charge >= 0.3 is 5.97 Å². The molecule has 2 heterocycles. The van der Waals surface area contributed by atoms with Crippen LogP contribution < -0.4 is 5.56 Å². The molecular weight excluding hydrogens is 336 g/mol. The van der Waals surface area contributed by atoms with Crippen molar-refractivity contribution in [1.29, 1.82) is 0 Å². The second-order valence-corrected chi connectivity index (χ2v) is 6.53. The fraction of sp³-hybridized carbons (Fsp3) is 0.222. The number of rotatable bonds is 3. The number of H-pyrrole nitrogens is 1. The molecule has 0 fully saturated rings. The summed E-state index contributed by atoms with van der Waals surface area (Å²) in [6.07, 6.45) is 2.20. The molecule has 132 valence electrons. The third-order valence-electron chi connectivity index (χ3n) is 4.60. The van der Waals surface area contributed by atoms with Gasteiger partial charge in [0.15, 0.2) is 5.69 Å². The summed E-state index contributed by atoms with van der Waals surface area (Å²) in [4.78, 5) is 43.6. The normalized spacial score (nSPS) is 12.1. The van der Waals surface area contributed by atoms with Crippen molar-refractivity contribution in [2.45, 2.75) is 12.8 Å². The van der Waals surface area contributed by atoms with Crippen molar-refractivity contribution in [2.24, 2.45) is 0 Å². The van der Waals surface area contributed by atoms with Crippen LogP contribution in [0.5, 0.6) is 0 Å². The third-order valence-corrected chi connectivity index (χ3v) is 4.60. The van der Waals surface area contributed by atoms with Crippen LogP contribution in [0.4, 0.5) is 0 Å². The molecule has 0 radical (unpaired) electrons. The molecule has 2 N–H and O–H groups in total. The highest BCUT2D eigenvalue weighted by molar-refractivity contribution is 5.86. The van der Waals surface area contributed by atoms with Gasteiger partial charge in [0.1, 0.15) is 0 Å². The van der Waals surface area contributed by atoms with Crippen LogP contribution in [-0.4, -0.2) is 50.3 Å². The summed E-state index contributed by atoms with van der Waals surface area (Å²) in [5, 5.41) is 9.14. The van der Waals surface area contributed by atoms with Crippen LogP contribution in [0.1, 0.15) is 27.3 Å². The van der Waals surface area contributed by atoms with Gasteiger partial charge in [-0.05, 0) is 11.1 Å². The lowest BCUT2D eigenvalue weighted by Gasteiger charge is -2.10. The first-order valence-electron chi connectivity index (χ1n) is 8.05. The van der Waals surface area contributed by atoms with E-state index in [9.17, 15) is 14.4 Å². The molecule has 0 saturated heterocycles. The third kappa shape index (κ3) is 2.38. The van der Waals surface area contributed by atoms with Crippen molar-refractivity contribution in [1.82, 2.24) is 19.3 Å². The van der Waals surface area contributed by atoms with Gasteiger partial charge < -0.3 is 15.0 Å². The van der Waals surface area contributed by atoms with Gasteiger partial charge in [0.2, 0.25) is 11.6 Å². The lowest BCUT2D eigenvalue weighted by Crippen LogP contribution is -2.23. The molecule has 0 spiro atoms. The smallest absolute Gasteiger partial charge is 0.356 e. The topological polar surface area (TPSA) is 108 Å². The van der Waals surface area contributed by atoms with E-state index in [1.165, 1.54) is 6.20 Å². The average Bonchev–Trinajstić information content (AvgIpc) is 3.17. The van der Waals surface area contributed by atoms with Crippen LogP contribution in [0, 0.1) is 0 Å². The van der Waals surface area contributed by atoms with Crippen LogP contribution >= 0.6 is 0 Å². The van der Waals surface area contributed by atoms with Crippen LogP contribution in [0.25, 0.3) is 16.9 Å². The molecule has 0 atom stereocenters. The van der Waals surface area contributed by atoms with Crippen molar-refractivity contribution < 1.29 is 14.7 Å². The largest absolute Gasteiger partial charge is 0.476 e. The number of aromatic amines is 1. The molecule has 26 heavy (non-hydrogen) atoms. The Kier molecular flexibility index (Phi) is 3.43. The minimum atomic E-state index is -1.18. The Bertz CT molecular complexity index is 1140. The second kappa shape index (κ2) is 5.55. The zero-order valence-electron chi connectivity index (χ0n) is 14.2. The van der Waals surface area contributed by atoms with E-state index in [0.29, 0.717) is 18.5 Å². The summed E-state index contributed by atoms with van der Waals surface area (Å²) >= 11 is 0. The van der Waals surface area contributed by atoms with Gasteiger partial charge in [-0.25, -0.2) is 9.78 Å². The lowest BCUT2D eigenvalue weighted by atomic mass is 10.0. The minimum Gasteiger partial charge on any atom is -0.476 e. The van der Waals surface area contributed by atoms with E-state index in [0.717, 1.165) is 22.4 Å². The number of nitrogens with zero attached hydrogens (tertiary/aromatic N) is 3. The summed E-state index contributed by atoms with van der Waals surface area (Å²) in [7, 11) is 3.43. The minimum absolute atomic E-state index is 0.0111. The van der Waals surface area contributed by atoms with Crippen molar-refractivity contribution >= 4 is 17.5 Å². The molecule has 1 aromatic carbocycles. The summed E-state index contributed by atoms with van der Waals surface area (Å²) in [6, 6.07) is 5.71. The molecule has 0 unspecified atom stereocenters. The number of benzene rings is 1. The van der Waals surface area contributed by atoms with E-state index in [1.807, 2.05) is 18.2 Å². The Morgan fingerprint density at radius 3 is 2.81 bits per heavy atom. The Morgan fingerprint density at radius 1 is 1.35 bits per heavy atom. The highest BCUT2D eigenvalue weighted by Gasteiger charge is 2.25. The number of carboxylic acids is 1. The Hall–Kier alpha value is -3.42. The van der Waals surface area contributed by atoms with E-state index in [2.05, 4.69) is 9.97 Å². The van der Waals surface area contributed by atoms with Crippen molar-refractivity contribution in [3.63, 3.8) is 0 Å². The highest BCUT2D eigenvalue weighted by atomic mass is 16.4. The van der Waals surface area contributed by atoms with Gasteiger partial charge in [-0.3, -0.25) is 14.0 Å². The monoisotopic (exact) mass is 352 g/mol. The number of hydrogen-bond donors (Lipinski definition) is 2. The zero-order chi connectivity index (χ0) is 18.6.